The number of rotatable bonds is 5. The summed E-state index contributed by atoms with van der Waals surface area (Å²) in [6.07, 6.45) is 0.424. The van der Waals surface area contributed by atoms with Gasteiger partial charge in [0.2, 0.25) is 0 Å². The molecule has 1 aromatic rings. The largest absolute Gasteiger partial charge is 0.477 e. The predicted octanol–water partition coefficient (Wildman–Crippen LogP) is 0.597. The molecule has 2 N–H and O–H groups in total. The van der Waals surface area contributed by atoms with Gasteiger partial charge in [0.15, 0.2) is 11.2 Å². The molecular weight excluding hydrogens is 352 g/mol. The van der Waals surface area contributed by atoms with E-state index in [9.17, 15) is 4.79 Å². The normalized spacial score (nSPS) is 20.0. The average molecular weight is 378 g/mol. The predicted molar refractivity (Wildman–Crippen MR) is 105 cm³/mol. The highest BCUT2D eigenvalue weighted by Crippen LogP contribution is 2.33. The average Bonchev–Trinajstić information content (AvgIpc) is 2.70. The standard InChI is InChI=1S/C18H26N4O3S/c1-19-17(23)16-13-22(14-5-2-3-6-15(14)25-16)18(26)20-7-4-8-21-9-11-24-12-10-21/h2-3,5-6,16H,4,7-13H2,1H3,(H,19,23)(H,20,26)/t16-/m0/s1. The van der Waals surface area contributed by atoms with Crippen LogP contribution < -0.4 is 20.3 Å². The van der Waals surface area contributed by atoms with Crippen LogP contribution in [0, 0.1) is 0 Å². The molecule has 2 aliphatic rings. The van der Waals surface area contributed by atoms with E-state index in [1.807, 2.05) is 29.2 Å². The minimum absolute atomic E-state index is 0.153. The SMILES string of the molecule is CNC(=O)[C@@H]1CN(C(=S)NCCCN2CCOCC2)c2ccccc2O1. The summed E-state index contributed by atoms with van der Waals surface area (Å²) in [6, 6.07) is 7.65. The molecule has 2 heterocycles. The molecule has 1 amide bonds. The van der Waals surface area contributed by atoms with Crippen LogP contribution in [0.15, 0.2) is 24.3 Å². The van der Waals surface area contributed by atoms with Crippen LogP contribution in [0.1, 0.15) is 6.42 Å². The van der Waals surface area contributed by atoms with Crippen molar-refractivity contribution >= 4 is 28.9 Å². The zero-order chi connectivity index (χ0) is 18.4. The van der Waals surface area contributed by atoms with Gasteiger partial charge in [0, 0.05) is 26.7 Å². The zero-order valence-electron chi connectivity index (χ0n) is 15.1. The number of likely N-dealkylation sites (N-methyl/N-ethyl adjacent to an activating group) is 1. The molecule has 0 unspecified atom stereocenters. The maximum absolute atomic E-state index is 12.0. The number of hydrogen-bond donors (Lipinski definition) is 2. The summed E-state index contributed by atoms with van der Waals surface area (Å²) in [6.45, 7) is 5.84. The van der Waals surface area contributed by atoms with Crippen molar-refractivity contribution in [1.29, 1.82) is 0 Å². The third-order valence-electron chi connectivity index (χ3n) is 4.59. The smallest absolute Gasteiger partial charge is 0.262 e. The first-order valence-corrected chi connectivity index (χ1v) is 9.42. The summed E-state index contributed by atoms with van der Waals surface area (Å²) in [5, 5.41) is 6.59. The van der Waals surface area contributed by atoms with Gasteiger partial charge < -0.3 is 25.0 Å². The monoisotopic (exact) mass is 378 g/mol. The van der Waals surface area contributed by atoms with E-state index in [-0.39, 0.29) is 5.91 Å². The molecule has 0 saturated carbocycles. The van der Waals surface area contributed by atoms with E-state index >= 15 is 0 Å². The van der Waals surface area contributed by atoms with Gasteiger partial charge in [-0.15, -0.1) is 0 Å². The van der Waals surface area contributed by atoms with Crippen LogP contribution in [-0.4, -0.2) is 75.0 Å². The summed E-state index contributed by atoms with van der Waals surface area (Å²) >= 11 is 5.59. The Balaban J connectivity index is 1.55. The number of benzene rings is 1. The molecule has 1 saturated heterocycles. The first-order chi connectivity index (χ1) is 12.7. The number of thiocarbonyl (C=S) groups is 1. The van der Waals surface area contributed by atoms with E-state index < -0.39 is 6.10 Å². The molecule has 0 bridgehead atoms. The van der Waals surface area contributed by atoms with E-state index in [0.29, 0.717) is 17.4 Å². The number of nitrogens with zero attached hydrogens (tertiary/aromatic N) is 2. The Morgan fingerprint density at radius 1 is 1.31 bits per heavy atom. The number of carbonyl (C=O) groups is 1. The molecule has 0 spiro atoms. The van der Waals surface area contributed by atoms with Gasteiger partial charge in [0.25, 0.3) is 5.91 Å². The highest BCUT2D eigenvalue weighted by atomic mass is 32.1. The summed E-state index contributed by atoms with van der Waals surface area (Å²) in [5.74, 6) is 0.518. The van der Waals surface area contributed by atoms with E-state index in [0.717, 1.165) is 51.5 Å². The van der Waals surface area contributed by atoms with Gasteiger partial charge in [-0.25, -0.2) is 0 Å². The molecule has 1 fully saturated rings. The highest BCUT2D eigenvalue weighted by molar-refractivity contribution is 7.80. The van der Waals surface area contributed by atoms with Crippen molar-refractivity contribution in [1.82, 2.24) is 15.5 Å². The van der Waals surface area contributed by atoms with Crippen molar-refractivity contribution in [2.45, 2.75) is 12.5 Å². The Hall–Kier alpha value is -1.90. The van der Waals surface area contributed by atoms with Crippen LogP contribution in [0.3, 0.4) is 0 Å². The maximum atomic E-state index is 12.0. The third kappa shape index (κ3) is 4.63. The molecule has 26 heavy (non-hydrogen) atoms. The quantitative estimate of drug-likeness (QED) is 0.574. The fourth-order valence-electron chi connectivity index (χ4n) is 3.14. The lowest BCUT2D eigenvalue weighted by Gasteiger charge is -2.35. The molecule has 0 aromatic heterocycles. The second-order valence-electron chi connectivity index (χ2n) is 6.34. The lowest BCUT2D eigenvalue weighted by molar-refractivity contribution is -0.127. The molecule has 1 aromatic carbocycles. The van der Waals surface area contributed by atoms with Gasteiger partial charge in [-0.2, -0.15) is 0 Å². The number of fused-ring (bicyclic) bond motifs is 1. The van der Waals surface area contributed by atoms with E-state index in [4.69, 9.17) is 21.7 Å². The lowest BCUT2D eigenvalue weighted by Crippen LogP contribution is -2.52. The van der Waals surface area contributed by atoms with Crippen LogP contribution in [0.2, 0.25) is 0 Å². The molecule has 1 atom stereocenters. The van der Waals surface area contributed by atoms with Gasteiger partial charge in [0.05, 0.1) is 25.4 Å². The van der Waals surface area contributed by atoms with Crippen molar-refractivity contribution in [2.24, 2.45) is 0 Å². The highest BCUT2D eigenvalue weighted by Gasteiger charge is 2.31. The summed E-state index contributed by atoms with van der Waals surface area (Å²) in [4.78, 5) is 16.4. The molecule has 142 valence electrons. The summed E-state index contributed by atoms with van der Waals surface area (Å²) in [5.41, 5.74) is 0.887. The molecule has 8 heteroatoms. The molecule has 7 nitrogen and oxygen atoms in total. The van der Waals surface area contributed by atoms with Crippen molar-refractivity contribution in [2.75, 3.05) is 57.9 Å². The first-order valence-electron chi connectivity index (χ1n) is 9.02. The second kappa shape index (κ2) is 9.16. The lowest BCUT2D eigenvalue weighted by atomic mass is 10.2. The van der Waals surface area contributed by atoms with Crippen molar-refractivity contribution in [3.05, 3.63) is 24.3 Å². The fraction of sp³-hybridized carbons (Fsp3) is 0.556. The second-order valence-corrected chi connectivity index (χ2v) is 6.73. The molecule has 2 aliphatic heterocycles. The third-order valence-corrected chi connectivity index (χ3v) is 4.95. The number of amides is 1. The molecular formula is C18H26N4O3S. The van der Waals surface area contributed by atoms with Crippen LogP contribution in [0.5, 0.6) is 5.75 Å². The van der Waals surface area contributed by atoms with E-state index in [1.54, 1.807) is 7.05 Å². The van der Waals surface area contributed by atoms with E-state index in [2.05, 4.69) is 15.5 Å². The van der Waals surface area contributed by atoms with Gasteiger partial charge in [0.1, 0.15) is 5.75 Å². The number of nitrogens with one attached hydrogen (secondary N) is 2. The van der Waals surface area contributed by atoms with Crippen LogP contribution in [-0.2, 0) is 9.53 Å². The first kappa shape index (κ1) is 18.9. The zero-order valence-corrected chi connectivity index (χ0v) is 15.9. The van der Waals surface area contributed by atoms with Gasteiger partial charge in [-0.3, -0.25) is 9.69 Å². The number of hydrogen-bond acceptors (Lipinski definition) is 5. The van der Waals surface area contributed by atoms with Gasteiger partial charge in [-0.05, 0) is 37.3 Å². The van der Waals surface area contributed by atoms with Crippen LogP contribution >= 0.6 is 12.2 Å². The Labute approximate surface area is 159 Å². The van der Waals surface area contributed by atoms with Crippen LogP contribution in [0.4, 0.5) is 5.69 Å². The van der Waals surface area contributed by atoms with Crippen LogP contribution in [0.25, 0.3) is 0 Å². The van der Waals surface area contributed by atoms with Gasteiger partial charge in [-0.1, -0.05) is 12.1 Å². The number of morpholine rings is 1. The van der Waals surface area contributed by atoms with Gasteiger partial charge >= 0.3 is 0 Å². The summed E-state index contributed by atoms with van der Waals surface area (Å²) in [7, 11) is 1.61. The minimum Gasteiger partial charge on any atom is -0.477 e. The Morgan fingerprint density at radius 2 is 2.08 bits per heavy atom. The maximum Gasteiger partial charge on any atom is 0.262 e. The Morgan fingerprint density at radius 3 is 2.85 bits per heavy atom. The Kier molecular flexibility index (Phi) is 6.65. The molecule has 3 rings (SSSR count). The number of carbonyl (C=O) groups excluding carboxylic acids is 1. The number of para-hydroxylation sites is 2. The minimum atomic E-state index is -0.581. The van der Waals surface area contributed by atoms with Crippen molar-refractivity contribution in [3.63, 3.8) is 0 Å². The summed E-state index contributed by atoms with van der Waals surface area (Å²) < 4.78 is 11.2. The van der Waals surface area contributed by atoms with Crippen molar-refractivity contribution in [3.8, 4) is 5.75 Å². The van der Waals surface area contributed by atoms with Crippen molar-refractivity contribution < 1.29 is 14.3 Å². The fourth-order valence-corrected chi connectivity index (χ4v) is 3.42. The topological polar surface area (TPSA) is 66.1 Å². The number of ether oxygens (including phenoxy) is 2. The molecule has 0 aliphatic carbocycles. The Bertz CT molecular complexity index is 637. The number of anilines is 1. The van der Waals surface area contributed by atoms with E-state index in [1.165, 1.54) is 0 Å². The molecule has 0 radical (unpaired) electrons.